The Kier molecular flexibility index (Phi) is 6.26. The highest BCUT2D eigenvalue weighted by Gasteiger charge is 2.42. The first-order valence-electron chi connectivity index (χ1n) is 11.1. The Bertz CT molecular complexity index is 1310. The molecular formula is C27H24ClN3O2S. The van der Waals surface area contributed by atoms with E-state index in [-0.39, 0.29) is 12.1 Å². The molecule has 4 aromatic rings. The molecule has 1 fully saturated rings. The van der Waals surface area contributed by atoms with Gasteiger partial charge in [0.05, 0.1) is 18.3 Å². The van der Waals surface area contributed by atoms with Gasteiger partial charge in [-0.2, -0.15) is 0 Å². The van der Waals surface area contributed by atoms with Gasteiger partial charge in [0.2, 0.25) is 0 Å². The summed E-state index contributed by atoms with van der Waals surface area (Å²) in [6.45, 7) is 4.57. The fourth-order valence-electron chi connectivity index (χ4n) is 4.20. The van der Waals surface area contributed by atoms with Crippen molar-refractivity contribution in [2.24, 2.45) is 0 Å². The Morgan fingerprint density at radius 3 is 2.62 bits per heavy atom. The summed E-state index contributed by atoms with van der Waals surface area (Å²) in [5.74, 6) is 2.35. The lowest BCUT2D eigenvalue weighted by Gasteiger charge is -2.26. The van der Waals surface area contributed by atoms with E-state index in [1.165, 1.54) is 0 Å². The van der Waals surface area contributed by atoms with Gasteiger partial charge in [-0.3, -0.25) is 4.98 Å². The summed E-state index contributed by atoms with van der Waals surface area (Å²) in [5.41, 5.74) is 3.79. The maximum absolute atomic E-state index is 6.41. The number of benzene rings is 2. The van der Waals surface area contributed by atoms with Crippen molar-refractivity contribution in [3.63, 3.8) is 0 Å². The van der Waals surface area contributed by atoms with Gasteiger partial charge >= 0.3 is 0 Å². The van der Waals surface area contributed by atoms with Gasteiger partial charge < -0.3 is 19.4 Å². The third-order valence-electron chi connectivity index (χ3n) is 5.90. The summed E-state index contributed by atoms with van der Waals surface area (Å²) in [5, 5.41) is 4.78. The summed E-state index contributed by atoms with van der Waals surface area (Å²) < 4.78 is 12.0. The molecule has 0 bridgehead atoms. The van der Waals surface area contributed by atoms with Gasteiger partial charge in [0.1, 0.15) is 23.3 Å². The Balaban J connectivity index is 1.56. The monoisotopic (exact) mass is 489 g/mol. The quantitative estimate of drug-likeness (QED) is 0.298. The molecule has 34 heavy (non-hydrogen) atoms. The van der Waals surface area contributed by atoms with Crippen molar-refractivity contribution in [1.29, 1.82) is 0 Å². The van der Waals surface area contributed by atoms with E-state index in [1.54, 1.807) is 6.20 Å². The van der Waals surface area contributed by atoms with Gasteiger partial charge in [-0.15, -0.1) is 0 Å². The molecule has 1 saturated heterocycles. The molecule has 1 aliphatic rings. The van der Waals surface area contributed by atoms with Crippen LogP contribution in [0.1, 0.15) is 36.0 Å². The Morgan fingerprint density at radius 2 is 1.91 bits per heavy atom. The average Bonchev–Trinajstić information content (AvgIpc) is 3.47. The second kappa shape index (κ2) is 9.49. The molecule has 0 radical (unpaired) electrons. The maximum Gasteiger partial charge on any atom is 0.174 e. The number of ether oxygens (including phenoxy) is 1. The molecule has 0 unspecified atom stereocenters. The summed E-state index contributed by atoms with van der Waals surface area (Å²) in [4.78, 5) is 6.67. The van der Waals surface area contributed by atoms with Crippen LogP contribution in [-0.4, -0.2) is 16.7 Å². The highest BCUT2D eigenvalue weighted by atomic mass is 35.5. The van der Waals surface area contributed by atoms with Crippen LogP contribution < -0.4 is 15.0 Å². The molecule has 2 aromatic heterocycles. The van der Waals surface area contributed by atoms with Crippen LogP contribution in [0.25, 0.3) is 11.3 Å². The van der Waals surface area contributed by atoms with Gasteiger partial charge in [0, 0.05) is 22.5 Å². The Morgan fingerprint density at radius 1 is 1.09 bits per heavy atom. The molecule has 0 aliphatic carbocycles. The van der Waals surface area contributed by atoms with Crippen molar-refractivity contribution < 1.29 is 9.15 Å². The van der Waals surface area contributed by atoms with Crippen LogP contribution in [0.15, 0.2) is 83.4 Å². The van der Waals surface area contributed by atoms with Crippen molar-refractivity contribution in [3.05, 3.63) is 101 Å². The second-order valence-electron chi connectivity index (χ2n) is 8.09. The number of nitrogens with zero attached hydrogens (tertiary/aromatic N) is 2. The third kappa shape index (κ3) is 4.27. The number of rotatable bonds is 6. The topological polar surface area (TPSA) is 50.5 Å². The number of furan rings is 1. The molecule has 2 atom stereocenters. The summed E-state index contributed by atoms with van der Waals surface area (Å²) in [6, 6.07) is 23.3. The molecule has 3 heterocycles. The minimum Gasteiger partial charge on any atom is -0.494 e. The lowest BCUT2D eigenvalue weighted by atomic mass is 10.0. The molecule has 0 spiro atoms. The Labute approximate surface area is 209 Å². The smallest absolute Gasteiger partial charge is 0.174 e. The maximum atomic E-state index is 6.41. The standard InChI is InChI=1S/C27H24ClN3O2S/c1-3-32-20-11-9-19(10-12-20)31-26(25(30-27(31)34)22-6-4-5-15-29-22)24-14-13-23(33-24)18-8-7-17(2)21(28)16-18/h4-16,25-26H,3H2,1-2H3,(H,30,34)/t25-,26-/m0/s1. The van der Waals surface area contributed by atoms with Crippen LogP contribution in [0.3, 0.4) is 0 Å². The highest BCUT2D eigenvalue weighted by molar-refractivity contribution is 7.80. The van der Waals surface area contributed by atoms with Crippen LogP contribution in [-0.2, 0) is 0 Å². The molecule has 1 N–H and O–H groups in total. The summed E-state index contributed by atoms with van der Waals surface area (Å²) in [7, 11) is 0. The van der Waals surface area contributed by atoms with Crippen molar-refractivity contribution in [3.8, 4) is 17.1 Å². The van der Waals surface area contributed by atoms with Crippen LogP contribution in [0, 0.1) is 6.92 Å². The minimum atomic E-state index is -0.227. The van der Waals surface area contributed by atoms with Gasteiger partial charge in [-0.25, -0.2) is 0 Å². The molecule has 1 aliphatic heterocycles. The van der Waals surface area contributed by atoms with E-state index in [0.29, 0.717) is 16.7 Å². The first-order chi connectivity index (χ1) is 16.5. The van der Waals surface area contributed by atoms with Crippen LogP contribution in [0.5, 0.6) is 5.75 Å². The van der Waals surface area contributed by atoms with E-state index in [2.05, 4.69) is 15.2 Å². The summed E-state index contributed by atoms with van der Waals surface area (Å²) >= 11 is 12.2. The fourth-order valence-corrected chi connectivity index (χ4v) is 4.73. The minimum absolute atomic E-state index is 0.180. The predicted octanol–water partition coefficient (Wildman–Crippen LogP) is 6.88. The first kappa shape index (κ1) is 22.4. The SMILES string of the molecule is CCOc1ccc(N2C(=S)N[C@@H](c3ccccn3)[C@@H]2c2ccc(-c3ccc(C)c(Cl)c3)o2)cc1. The van der Waals surface area contributed by atoms with Gasteiger partial charge in [0.15, 0.2) is 5.11 Å². The van der Waals surface area contributed by atoms with Gasteiger partial charge in [-0.1, -0.05) is 29.8 Å². The van der Waals surface area contributed by atoms with Crippen molar-refractivity contribution in [1.82, 2.24) is 10.3 Å². The number of nitrogens with one attached hydrogen (secondary N) is 1. The lowest BCUT2D eigenvalue weighted by molar-refractivity contribution is 0.340. The zero-order valence-electron chi connectivity index (χ0n) is 18.9. The van der Waals surface area contributed by atoms with Gasteiger partial charge in [0.25, 0.3) is 0 Å². The molecule has 7 heteroatoms. The van der Waals surface area contributed by atoms with E-state index >= 15 is 0 Å². The van der Waals surface area contributed by atoms with Crippen molar-refractivity contribution in [2.75, 3.05) is 11.5 Å². The zero-order chi connectivity index (χ0) is 23.7. The number of pyridine rings is 1. The van der Waals surface area contributed by atoms with Crippen LogP contribution >= 0.6 is 23.8 Å². The number of aromatic nitrogens is 1. The van der Waals surface area contributed by atoms with Crippen LogP contribution in [0.4, 0.5) is 5.69 Å². The van der Waals surface area contributed by atoms with E-state index in [4.69, 9.17) is 33.0 Å². The lowest BCUT2D eigenvalue weighted by Crippen LogP contribution is -2.29. The Hall–Kier alpha value is -3.35. The largest absolute Gasteiger partial charge is 0.494 e. The van der Waals surface area contributed by atoms with E-state index in [0.717, 1.165) is 39.8 Å². The average molecular weight is 490 g/mol. The zero-order valence-corrected chi connectivity index (χ0v) is 20.4. The molecule has 0 amide bonds. The molecule has 0 saturated carbocycles. The normalized spacial score (nSPS) is 17.6. The van der Waals surface area contributed by atoms with Crippen molar-refractivity contribution >= 4 is 34.6 Å². The van der Waals surface area contributed by atoms with E-state index in [9.17, 15) is 0 Å². The van der Waals surface area contributed by atoms with Crippen LogP contribution in [0.2, 0.25) is 5.02 Å². The first-order valence-corrected chi connectivity index (χ1v) is 11.9. The molecular weight excluding hydrogens is 466 g/mol. The second-order valence-corrected chi connectivity index (χ2v) is 8.88. The van der Waals surface area contributed by atoms with Gasteiger partial charge in [-0.05, 0) is 86.2 Å². The van der Waals surface area contributed by atoms with Crippen molar-refractivity contribution in [2.45, 2.75) is 25.9 Å². The number of halogens is 1. The number of anilines is 1. The number of hydrogen-bond acceptors (Lipinski definition) is 4. The predicted molar refractivity (Wildman–Crippen MR) is 139 cm³/mol. The highest BCUT2D eigenvalue weighted by Crippen LogP contribution is 2.43. The number of hydrogen-bond donors (Lipinski definition) is 1. The van der Waals surface area contributed by atoms with E-state index < -0.39 is 0 Å². The third-order valence-corrected chi connectivity index (χ3v) is 6.62. The number of thiocarbonyl (C=S) groups is 1. The molecule has 5 rings (SSSR count). The molecule has 172 valence electrons. The number of aryl methyl sites for hydroxylation is 1. The fraction of sp³-hybridized carbons (Fsp3) is 0.185. The summed E-state index contributed by atoms with van der Waals surface area (Å²) in [6.07, 6.45) is 1.79. The molecule has 5 nitrogen and oxygen atoms in total. The molecule has 2 aromatic carbocycles. The van der Waals surface area contributed by atoms with E-state index in [1.807, 2.05) is 86.6 Å².